The molecule has 0 amide bonds. The number of esters is 1. The fourth-order valence-corrected chi connectivity index (χ4v) is 2.00. The molecule has 0 aliphatic carbocycles. The lowest BCUT2D eigenvalue weighted by atomic mass is 10.4. The van der Waals surface area contributed by atoms with E-state index in [1.807, 2.05) is 20.0 Å². The van der Waals surface area contributed by atoms with Gasteiger partial charge >= 0.3 is 5.97 Å². The maximum absolute atomic E-state index is 11.2. The van der Waals surface area contributed by atoms with Gasteiger partial charge in [0.05, 0.1) is 7.11 Å². The first kappa shape index (κ1) is 10.8. The number of ether oxygens (including phenoxy) is 1. The third-order valence-electron chi connectivity index (χ3n) is 2.23. The molecule has 0 aliphatic rings. The van der Waals surface area contributed by atoms with Crippen molar-refractivity contribution in [3.8, 4) is 10.7 Å². The Bertz CT molecular complexity index is 510. The highest BCUT2D eigenvalue weighted by Crippen LogP contribution is 2.23. The highest BCUT2D eigenvalue weighted by atomic mass is 32.1. The summed E-state index contributed by atoms with van der Waals surface area (Å²) >= 11 is 1.38. The van der Waals surface area contributed by atoms with E-state index in [9.17, 15) is 4.79 Å². The van der Waals surface area contributed by atoms with Gasteiger partial charge in [-0.15, -0.1) is 11.3 Å². The van der Waals surface area contributed by atoms with Gasteiger partial charge in [0.1, 0.15) is 10.7 Å². The molecule has 0 bridgehead atoms. The van der Waals surface area contributed by atoms with Gasteiger partial charge in [0, 0.05) is 18.1 Å². The van der Waals surface area contributed by atoms with E-state index >= 15 is 0 Å². The van der Waals surface area contributed by atoms with Crippen LogP contribution in [0.15, 0.2) is 11.4 Å². The van der Waals surface area contributed by atoms with E-state index in [1.54, 1.807) is 10.1 Å². The molecule has 0 N–H and O–H groups in total. The summed E-state index contributed by atoms with van der Waals surface area (Å²) in [7, 11) is 3.21. The Morgan fingerprint density at radius 1 is 1.56 bits per heavy atom. The van der Waals surface area contributed by atoms with Crippen molar-refractivity contribution in [2.24, 2.45) is 7.05 Å². The molecule has 0 aliphatic heterocycles. The standard InChI is InChI=1S/C10H11N3O2S/c1-6-4-7(12-13(6)2)9-11-8(5-16-9)10(14)15-3/h4-5H,1-3H3. The molecule has 0 radical (unpaired) electrons. The van der Waals surface area contributed by atoms with Crippen molar-refractivity contribution in [1.82, 2.24) is 14.8 Å². The number of aromatic nitrogens is 3. The Morgan fingerprint density at radius 2 is 2.31 bits per heavy atom. The number of nitrogens with zero attached hydrogens (tertiary/aromatic N) is 3. The molecule has 0 spiro atoms. The highest BCUT2D eigenvalue weighted by Gasteiger charge is 2.13. The number of carbonyl (C=O) groups excluding carboxylic acids is 1. The van der Waals surface area contributed by atoms with Gasteiger partial charge in [-0.05, 0) is 13.0 Å². The number of hydrogen-bond donors (Lipinski definition) is 0. The van der Waals surface area contributed by atoms with Gasteiger partial charge in [-0.25, -0.2) is 9.78 Å². The van der Waals surface area contributed by atoms with Crippen LogP contribution in [0.5, 0.6) is 0 Å². The van der Waals surface area contributed by atoms with Gasteiger partial charge in [-0.1, -0.05) is 0 Å². The zero-order valence-electron chi connectivity index (χ0n) is 9.22. The summed E-state index contributed by atoms with van der Waals surface area (Å²) in [5.41, 5.74) is 2.15. The van der Waals surface area contributed by atoms with Crippen LogP contribution < -0.4 is 0 Å². The molecule has 0 saturated heterocycles. The van der Waals surface area contributed by atoms with Crippen LogP contribution in [-0.4, -0.2) is 27.8 Å². The molecule has 2 aromatic heterocycles. The van der Waals surface area contributed by atoms with Crippen LogP contribution in [0.3, 0.4) is 0 Å². The molecular weight excluding hydrogens is 226 g/mol. The van der Waals surface area contributed by atoms with Crippen LogP contribution in [0.1, 0.15) is 16.2 Å². The number of thiazole rings is 1. The third-order valence-corrected chi connectivity index (χ3v) is 3.10. The van der Waals surface area contributed by atoms with Gasteiger partial charge in [0.15, 0.2) is 5.69 Å². The predicted octanol–water partition coefficient (Wildman–Crippen LogP) is 1.64. The normalized spacial score (nSPS) is 10.4. The second-order valence-corrected chi connectivity index (χ2v) is 4.18. The molecule has 0 atom stereocenters. The second kappa shape index (κ2) is 4.05. The fourth-order valence-electron chi connectivity index (χ4n) is 1.25. The molecular formula is C10H11N3O2S. The van der Waals surface area contributed by atoms with Crippen molar-refractivity contribution in [2.45, 2.75) is 6.92 Å². The number of carbonyl (C=O) groups is 1. The Morgan fingerprint density at radius 3 is 2.88 bits per heavy atom. The van der Waals surface area contributed by atoms with E-state index in [0.29, 0.717) is 5.69 Å². The first-order valence-electron chi connectivity index (χ1n) is 4.66. The molecule has 16 heavy (non-hydrogen) atoms. The van der Waals surface area contributed by atoms with Crippen molar-refractivity contribution in [1.29, 1.82) is 0 Å². The van der Waals surface area contributed by atoms with Crippen LogP contribution in [0.2, 0.25) is 0 Å². The summed E-state index contributed by atoms with van der Waals surface area (Å²) < 4.78 is 6.37. The Kier molecular flexibility index (Phi) is 2.74. The first-order chi connectivity index (χ1) is 7.61. The zero-order chi connectivity index (χ0) is 11.7. The molecule has 6 heteroatoms. The summed E-state index contributed by atoms with van der Waals surface area (Å²) in [5.74, 6) is -0.421. The third kappa shape index (κ3) is 1.83. The molecule has 0 unspecified atom stereocenters. The fraction of sp³-hybridized carbons (Fsp3) is 0.300. The van der Waals surface area contributed by atoms with Gasteiger partial charge < -0.3 is 4.74 Å². The van der Waals surface area contributed by atoms with Crippen LogP contribution >= 0.6 is 11.3 Å². The predicted molar refractivity (Wildman–Crippen MR) is 60.4 cm³/mol. The summed E-state index contributed by atoms with van der Waals surface area (Å²) in [6, 6.07) is 1.93. The summed E-state index contributed by atoms with van der Waals surface area (Å²) in [5, 5.41) is 6.69. The lowest BCUT2D eigenvalue weighted by molar-refractivity contribution is 0.0595. The van der Waals surface area contributed by atoms with E-state index < -0.39 is 5.97 Å². The van der Waals surface area contributed by atoms with E-state index in [4.69, 9.17) is 0 Å². The average molecular weight is 237 g/mol. The Labute approximate surface area is 96.7 Å². The molecule has 84 valence electrons. The number of aryl methyl sites for hydroxylation is 2. The minimum atomic E-state index is -0.421. The smallest absolute Gasteiger partial charge is 0.357 e. The molecule has 0 aromatic carbocycles. The topological polar surface area (TPSA) is 57.0 Å². The molecule has 0 fully saturated rings. The molecule has 2 aromatic rings. The van der Waals surface area contributed by atoms with Gasteiger partial charge in [0.2, 0.25) is 0 Å². The Balaban J connectivity index is 2.35. The van der Waals surface area contributed by atoms with E-state index in [1.165, 1.54) is 18.4 Å². The van der Waals surface area contributed by atoms with Crippen molar-refractivity contribution < 1.29 is 9.53 Å². The van der Waals surface area contributed by atoms with Crippen LogP contribution in [0, 0.1) is 6.92 Å². The maximum Gasteiger partial charge on any atom is 0.357 e. The number of hydrogen-bond acceptors (Lipinski definition) is 5. The molecule has 2 heterocycles. The Hall–Kier alpha value is -1.69. The molecule has 2 rings (SSSR count). The molecule has 5 nitrogen and oxygen atoms in total. The van der Waals surface area contributed by atoms with Crippen LogP contribution in [0.4, 0.5) is 0 Å². The van der Waals surface area contributed by atoms with Gasteiger partial charge in [0.25, 0.3) is 0 Å². The number of rotatable bonds is 2. The van der Waals surface area contributed by atoms with Crippen molar-refractivity contribution in [3.63, 3.8) is 0 Å². The summed E-state index contributed by atoms with van der Waals surface area (Å²) in [4.78, 5) is 15.4. The minimum absolute atomic E-state index is 0.325. The van der Waals surface area contributed by atoms with Crippen molar-refractivity contribution in [3.05, 3.63) is 22.8 Å². The maximum atomic E-state index is 11.2. The lowest BCUT2D eigenvalue weighted by Crippen LogP contribution is -2.01. The highest BCUT2D eigenvalue weighted by molar-refractivity contribution is 7.13. The van der Waals surface area contributed by atoms with Gasteiger partial charge in [-0.2, -0.15) is 5.10 Å². The summed E-state index contributed by atoms with van der Waals surface area (Å²) in [6.07, 6.45) is 0. The summed E-state index contributed by atoms with van der Waals surface area (Å²) in [6.45, 7) is 1.96. The van der Waals surface area contributed by atoms with E-state index in [2.05, 4.69) is 14.8 Å². The van der Waals surface area contributed by atoms with Crippen LogP contribution in [0.25, 0.3) is 10.7 Å². The lowest BCUT2D eigenvalue weighted by Gasteiger charge is -1.91. The number of methoxy groups -OCH3 is 1. The van der Waals surface area contributed by atoms with E-state index in [-0.39, 0.29) is 0 Å². The second-order valence-electron chi connectivity index (χ2n) is 3.32. The average Bonchev–Trinajstić information content (AvgIpc) is 2.86. The SMILES string of the molecule is COC(=O)c1csc(-c2cc(C)n(C)n2)n1. The van der Waals surface area contributed by atoms with Crippen molar-refractivity contribution in [2.75, 3.05) is 7.11 Å². The first-order valence-corrected chi connectivity index (χ1v) is 5.54. The largest absolute Gasteiger partial charge is 0.464 e. The zero-order valence-corrected chi connectivity index (χ0v) is 10.0. The minimum Gasteiger partial charge on any atom is -0.464 e. The molecule has 0 saturated carbocycles. The van der Waals surface area contributed by atoms with Crippen LogP contribution in [-0.2, 0) is 11.8 Å². The monoisotopic (exact) mass is 237 g/mol. The van der Waals surface area contributed by atoms with Gasteiger partial charge in [-0.3, -0.25) is 4.68 Å². The van der Waals surface area contributed by atoms with Crippen molar-refractivity contribution >= 4 is 17.3 Å². The van der Waals surface area contributed by atoms with E-state index in [0.717, 1.165) is 16.4 Å². The quantitative estimate of drug-likeness (QED) is 0.745.